The van der Waals surface area contributed by atoms with Crippen LogP contribution in [-0.4, -0.2) is 0 Å². The van der Waals surface area contributed by atoms with Gasteiger partial charge < -0.3 is 4.42 Å². The van der Waals surface area contributed by atoms with Crippen molar-refractivity contribution in [3.05, 3.63) is 206 Å². The molecule has 0 N–H and O–H groups in total. The van der Waals surface area contributed by atoms with E-state index in [0.717, 1.165) is 27.3 Å². The predicted molar refractivity (Wildman–Crippen MR) is 253 cm³/mol. The lowest BCUT2D eigenvalue weighted by Gasteiger charge is -2.18. The minimum absolute atomic E-state index is 0.946. The molecule has 0 atom stereocenters. The van der Waals surface area contributed by atoms with Crippen LogP contribution in [0.5, 0.6) is 0 Å². The van der Waals surface area contributed by atoms with Crippen molar-refractivity contribution in [2.75, 3.05) is 0 Å². The lowest BCUT2D eigenvalue weighted by atomic mass is 9.85. The maximum atomic E-state index is 6.84. The van der Waals surface area contributed by atoms with Crippen LogP contribution < -0.4 is 0 Å². The molecule has 0 unspecified atom stereocenters. The van der Waals surface area contributed by atoms with E-state index in [9.17, 15) is 0 Å². The Morgan fingerprint density at radius 2 is 0.610 bits per heavy atom. The first-order valence-electron chi connectivity index (χ1n) is 20.4. The Kier molecular flexibility index (Phi) is 6.79. The molecule has 0 saturated carbocycles. The summed E-state index contributed by atoms with van der Waals surface area (Å²) in [4.78, 5) is 0. The van der Waals surface area contributed by atoms with Crippen molar-refractivity contribution >= 4 is 97.3 Å². The molecule has 1 aromatic heterocycles. The summed E-state index contributed by atoms with van der Waals surface area (Å²) in [7, 11) is 0. The molecule has 0 aliphatic heterocycles. The van der Waals surface area contributed by atoms with Crippen LogP contribution in [0.4, 0.5) is 0 Å². The molecule has 0 amide bonds. The Morgan fingerprint density at radius 3 is 1.24 bits per heavy atom. The number of hydrogen-bond donors (Lipinski definition) is 0. The van der Waals surface area contributed by atoms with Crippen molar-refractivity contribution in [3.8, 4) is 33.4 Å². The van der Waals surface area contributed by atoms with E-state index in [4.69, 9.17) is 4.42 Å². The molecule has 0 radical (unpaired) electrons. The molecular weight excluding hydrogens is 713 g/mol. The first-order valence-corrected chi connectivity index (χ1v) is 20.4. The van der Waals surface area contributed by atoms with Gasteiger partial charge in [-0.25, -0.2) is 0 Å². The Balaban J connectivity index is 0.928. The number of fused-ring (bicyclic) bond motifs is 14. The highest BCUT2D eigenvalue weighted by molar-refractivity contribution is 6.32. The van der Waals surface area contributed by atoms with Crippen LogP contribution in [0.2, 0.25) is 0 Å². The molecule has 1 heterocycles. The third-order valence-electron chi connectivity index (χ3n) is 12.8. The van der Waals surface area contributed by atoms with Crippen LogP contribution in [0.1, 0.15) is 0 Å². The third-order valence-corrected chi connectivity index (χ3v) is 12.8. The monoisotopic (exact) mass is 746 g/mol. The average Bonchev–Trinajstić information content (AvgIpc) is 3.71. The fraction of sp³-hybridized carbons (Fsp3) is 0. The van der Waals surface area contributed by atoms with Crippen LogP contribution in [0, 0.1) is 0 Å². The van der Waals surface area contributed by atoms with Crippen molar-refractivity contribution in [2.45, 2.75) is 0 Å². The SMILES string of the molecule is c1ccc2cc(-c3c4ccccc4c(-c4ccc5cc(-c6ccc7c(ccc8c7oc7c9ccccc9c9ccccc9c87)c6)ccc5c4)c4ccccc34)ccc2c1. The molecule has 0 saturated heterocycles. The molecule has 1 nitrogen and oxygen atoms in total. The van der Waals surface area contributed by atoms with Crippen molar-refractivity contribution in [1.82, 2.24) is 0 Å². The zero-order chi connectivity index (χ0) is 38.6. The average molecular weight is 747 g/mol. The van der Waals surface area contributed by atoms with Crippen LogP contribution in [-0.2, 0) is 0 Å². The molecule has 12 aromatic carbocycles. The molecule has 0 bridgehead atoms. The first kappa shape index (κ1) is 32.4. The van der Waals surface area contributed by atoms with Gasteiger partial charge in [0.1, 0.15) is 11.2 Å². The van der Waals surface area contributed by atoms with Crippen LogP contribution in [0.25, 0.3) is 131 Å². The van der Waals surface area contributed by atoms with Crippen molar-refractivity contribution in [2.24, 2.45) is 0 Å². The summed E-state index contributed by atoms with van der Waals surface area (Å²) in [5.74, 6) is 0. The van der Waals surface area contributed by atoms with Gasteiger partial charge in [0.2, 0.25) is 0 Å². The standard InChI is InChI=1S/C58H34O/c1-2-12-36-33-42(25-21-35(36)11-1)54-48-16-6-8-18-50(48)55(51-19-9-7-17-49(51)54)43-26-24-38-31-37(22-23-39(38)34-43)40-27-29-44-41(32-40)28-30-53-56-47-15-5-3-13-45(47)46-14-4-10-20-52(46)58(56)59-57(44)53/h1-34H. The van der Waals surface area contributed by atoms with Crippen molar-refractivity contribution < 1.29 is 4.42 Å². The Morgan fingerprint density at radius 1 is 0.220 bits per heavy atom. The van der Waals surface area contributed by atoms with E-state index < -0.39 is 0 Å². The smallest absolute Gasteiger partial charge is 0.143 e. The fourth-order valence-electron chi connectivity index (χ4n) is 10.0. The lowest BCUT2D eigenvalue weighted by Crippen LogP contribution is -1.91. The molecule has 59 heavy (non-hydrogen) atoms. The summed E-state index contributed by atoms with van der Waals surface area (Å²) in [6.45, 7) is 0. The van der Waals surface area contributed by atoms with Gasteiger partial charge in [0, 0.05) is 21.5 Å². The summed E-state index contributed by atoms with van der Waals surface area (Å²) in [6.07, 6.45) is 0. The van der Waals surface area contributed by atoms with Gasteiger partial charge in [-0.2, -0.15) is 0 Å². The molecule has 0 fully saturated rings. The van der Waals surface area contributed by atoms with Gasteiger partial charge in [-0.05, 0) is 134 Å². The second kappa shape index (κ2) is 12.4. The van der Waals surface area contributed by atoms with Gasteiger partial charge in [-0.15, -0.1) is 0 Å². The second-order valence-corrected chi connectivity index (χ2v) is 16.0. The van der Waals surface area contributed by atoms with E-state index >= 15 is 0 Å². The maximum absolute atomic E-state index is 6.84. The molecule has 1 heteroatoms. The van der Waals surface area contributed by atoms with Gasteiger partial charge in [0.15, 0.2) is 0 Å². The van der Waals surface area contributed by atoms with Crippen LogP contribution >= 0.6 is 0 Å². The van der Waals surface area contributed by atoms with Crippen LogP contribution in [0.3, 0.4) is 0 Å². The molecule has 272 valence electrons. The van der Waals surface area contributed by atoms with E-state index in [1.807, 2.05) is 0 Å². The van der Waals surface area contributed by atoms with Gasteiger partial charge in [-0.1, -0.05) is 170 Å². The maximum Gasteiger partial charge on any atom is 0.143 e. The third kappa shape index (κ3) is 4.79. The highest BCUT2D eigenvalue weighted by atomic mass is 16.3. The Labute approximate surface area is 340 Å². The topological polar surface area (TPSA) is 13.1 Å². The second-order valence-electron chi connectivity index (χ2n) is 16.0. The summed E-state index contributed by atoms with van der Waals surface area (Å²) >= 11 is 0. The normalized spacial score (nSPS) is 12.1. The molecule has 13 aromatic rings. The van der Waals surface area contributed by atoms with E-state index in [-0.39, 0.29) is 0 Å². The van der Waals surface area contributed by atoms with Gasteiger partial charge in [-0.3, -0.25) is 0 Å². The quantitative estimate of drug-likeness (QED) is 0.130. The highest BCUT2D eigenvalue weighted by Gasteiger charge is 2.19. The summed E-state index contributed by atoms with van der Waals surface area (Å²) < 4.78 is 6.84. The van der Waals surface area contributed by atoms with E-state index in [1.165, 1.54) is 103 Å². The van der Waals surface area contributed by atoms with E-state index in [0.29, 0.717) is 0 Å². The number of benzene rings is 12. The molecular formula is C58H34O. The Bertz CT molecular complexity index is 3850. The predicted octanol–water partition coefficient (Wildman–Crippen LogP) is 16.7. The summed E-state index contributed by atoms with van der Waals surface area (Å²) in [6, 6.07) is 75.8. The van der Waals surface area contributed by atoms with Gasteiger partial charge in [0.25, 0.3) is 0 Å². The summed E-state index contributed by atoms with van der Waals surface area (Å²) in [5.41, 5.74) is 9.33. The Hall–Kier alpha value is -7.74. The van der Waals surface area contributed by atoms with Gasteiger partial charge in [0.05, 0.1) is 0 Å². The number of rotatable bonds is 3. The molecule has 0 aliphatic carbocycles. The fourth-order valence-corrected chi connectivity index (χ4v) is 10.0. The molecule has 0 aliphatic rings. The minimum atomic E-state index is 0.946. The van der Waals surface area contributed by atoms with E-state index in [1.54, 1.807) is 0 Å². The summed E-state index contributed by atoms with van der Waals surface area (Å²) in [5, 5.41) is 19.5. The largest absolute Gasteiger partial charge is 0.455 e. The minimum Gasteiger partial charge on any atom is -0.455 e. The number of furan rings is 1. The zero-order valence-electron chi connectivity index (χ0n) is 32.0. The van der Waals surface area contributed by atoms with Crippen molar-refractivity contribution in [1.29, 1.82) is 0 Å². The van der Waals surface area contributed by atoms with Crippen molar-refractivity contribution in [3.63, 3.8) is 0 Å². The number of hydrogen-bond acceptors (Lipinski definition) is 1. The highest BCUT2D eigenvalue weighted by Crippen LogP contribution is 2.46. The van der Waals surface area contributed by atoms with E-state index in [2.05, 4.69) is 206 Å². The molecule has 0 spiro atoms. The lowest BCUT2D eigenvalue weighted by molar-refractivity contribution is 0.676. The zero-order valence-corrected chi connectivity index (χ0v) is 32.0. The first-order chi connectivity index (χ1) is 29.2. The van der Waals surface area contributed by atoms with Gasteiger partial charge >= 0.3 is 0 Å². The van der Waals surface area contributed by atoms with Crippen LogP contribution in [0.15, 0.2) is 211 Å². The molecule has 13 rings (SSSR count).